The fraction of sp³-hybridized carbons (Fsp3) is 0.364. The highest BCUT2D eigenvalue weighted by atomic mass is 35.5. The van der Waals surface area contributed by atoms with Crippen molar-refractivity contribution in [2.75, 3.05) is 10.5 Å². The maximum Gasteiger partial charge on any atom is 0.337 e. The van der Waals surface area contributed by atoms with Gasteiger partial charge in [0.05, 0.1) is 16.3 Å². The summed E-state index contributed by atoms with van der Waals surface area (Å²) in [6.45, 7) is 0. The second-order valence-electron chi connectivity index (χ2n) is 4.33. The number of carboxylic acid groups (broad SMARTS) is 1. The number of carbonyl (C=O) groups is 1. The minimum Gasteiger partial charge on any atom is -0.478 e. The van der Waals surface area contributed by atoms with E-state index in [1.54, 1.807) is 0 Å². The predicted octanol–water partition coefficient (Wildman–Crippen LogP) is 2.19. The Morgan fingerprint density at radius 1 is 1.44 bits per heavy atom. The van der Waals surface area contributed by atoms with Crippen LogP contribution in [0.5, 0.6) is 0 Å². The summed E-state index contributed by atoms with van der Waals surface area (Å²) in [5, 5.41) is 8.96. The van der Waals surface area contributed by atoms with Gasteiger partial charge in [0.15, 0.2) is 0 Å². The lowest BCUT2D eigenvalue weighted by molar-refractivity contribution is 0.0697. The van der Waals surface area contributed by atoms with Gasteiger partial charge in [0, 0.05) is 5.69 Å². The molecule has 0 amide bonds. The Morgan fingerprint density at radius 2 is 2.11 bits per heavy atom. The van der Waals surface area contributed by atoms with Crippen LogP contribution >= 0.6 is 11.6 Å². The molecule has 0 spiro atoms. The van der Waals surface area contributed by atoms with Crippen molar-refractivity contribution in [2.24, 2.45) is 5.92 Å². The van der Waals surface area contributed by atoms with Gasteiger partial charge in [-0.3, -0.25) is 4.72 Å². The number of halogens is 1. The zero-order chi connectivity index (χ0) is 13.3. The van der Waals surface area contributed by atoms with Crippen LogP contribution in [0.15, 0.2) is 18.2 Å². The molecule has 1 aromatic rings. The van der Waals surface area contributed by atoms with Crippen molar-refractivity contribution in [3.63, 3.8) is 0 Å². The van der Waals surface area contributed by atoms with Gasteiger partial charge in [-0.1, -0.05) is 11.6 Å². The van der Waals surface area contributed by atoms with E-state index >= 15 is 0 Å². The molecule has 7 heteroatoms. The predicted molar refractivity (Wildman–Crippen MR) is 68.5 cm³/mol. The van der Waals surface area contributed by atoms with E-state index in [4.69, 9.17) is 16.7 Å². The zero-order valence-electron chi connectivity index (χ0n) is 9.39. The lowest BCUT2D eigenvalue weighted by Crippen LogP contribution is -2.18. The van der Waals surface area contributed by atoms with Crippen molar-refractivity contribution < 1.29 is 18.3 Å². The van der Waals surface area contributed by atoms with Crippen molar-refractivity contribution >= 4 is 33.3 Å². The first-order valence-electron chi connectivity index (χ1n) is 5.41. The van der Waals surface area contributed by atoms with Crippen LogP contribution in [-0.2, 0) is 10.0 Å². The topological polar surface area (TPSA) is 83.5 Å². The van der Waals surface area contributed by atoms with Crippen LogP contribution in [0.3, 0.4) is 0 Å². The third-order valence-corrected chi connectivity index (χ3v) is 4.41. The molecule has 0 atom stereocenters. The zero-order valence-corrected chi connectivity index (χ0v) is 11.0. The Balaban J connectivity index is 2.18. The molecule has 1 aromatic carbocycles. The van der Waals surface area contributed by atoms with Crippen LogP contribution in [0.1, 0.15) is 23.2 Å². The number of hydrogen-bond donors (Lipinski definition) is 2. The molecule has 0 saturated heterocycles. The number of nitrogens with one attached hydrogen (secondary N) is 1. The first-order valence-corrected chi connectivity index (χ1v) is 7.44. The van der Waals surface area contributed by atoms with Gasteiger partial charge in [0.1, 0.15) is 0 Å². The van der Waals surface area contributed by atoms with E-state index in [2.05, 4.69) is 4.72 Å². The molecule has 0 radical (unpaired) electrons. The molecule has 2 rings (SSSR count). The minimum absolute atomic E-state index is 0.0765. The average Bonchev–Trinajstić information content (AvgIpc) is 3.03. The second kappa shape index (κ2) is 4.78. The third kappa shape index (κ3) is 3.36. The van der Waals surface area contributed by atoms with Crippen LogP contribution in [0.4, 0.5) is 5.69 Å². The highest BCUT2D eigenvalue weighted by molar-refractivity contribution is 7.92. The fourth-order valence-corrected chi connectivity index (χ4v) is 3.29. The minimum atomic E-state index is -3.41. The maximum atomic E-state index is 11.7. The van der Waals surface area contributed by atoms with E-state index in [9.17, 15) is 13.2 Å². The Kier molecular flexibility index (Phi) is 3.49. The summed E-state index contributed by atoms with van der Waals surface area (Å²) >= 11 is 5.70. The van der Waals surface area contributed by atoms with Gasteiger partial charge in [-0.25, -0.2) is 13.2 Å². The van der Waals surface area contributed by atoms with Gasteiger partial charge in [0.25, 0.3) is 0 Å². The monoisotopic (exact) mass is 289 g/mol. The molecule has 0 unspecified atom stereocenters. The van der Waals surface area contributed by atoms with Gasteiger partial charge >= 0.3 is 5.97 Å². The van der Waals surface area contributed by atoms with Crippen molar-refractivity contribution in [1.82, 2.24) is 0 Å². The standard InChI is InChI=1S/C11H12ClNO4S/c12-10-4-3-8(5-9(10)11(14)15)13-18(16,17)6-7-1-2-7/h3-5,7,13H,1-2,6H2,(H,14,15). The molecule has 0 bridgehead atoms. The normalized spacial score (nSPS) is 15.4. The highest BCUT2D eigenvalue weighted by Gasteiger charge is 2.28. The number of anilines is 1. The molecule has 0 aliphatic heterocycles. The molecule has 0 aromatic heterocycles. The average molecular weight is 290 g/mol. The maximum absolute atomic E-state index is 11.7. The first kappa shape index (κ1) is 13.2. The molecule has 1 saturated carbocycles. The SMILES string of the molecule is O=C(O)c1cc(NS(=O)(=O)CC2CC2)ccc1Cl. The van der Waals surface area contributed by atoms with Crippen molar-refractivity contribution in [3.8, 4) is 0 Å². The van der Waals surface area contributed by atoms with Gasteiger partial charge < -0.3 is 5.11 Å². The van der Waals surface area contributed by atoms with Crippen LogP contribution in [-0.4, -0.2) is 25.2 Å². The smallest absolute Gasteiger partial charge is 0.337 e. The van der Waals surface area contributed by atoms with E-state index < -0.39 is 16.0 Å². The molecule has 1 fully saturated rings. The van der Waals surface area contributed by atoms with Crippen LogP contribution < -0.4 is 4.72 Å². The lowest BCUT2D eigenvalue weighted by atomic mass is 10.2. The molecule has 0 heterocycles. The molecule has 2 N–H and O–H groups in total. The Bertz CT molecular complexity index is 581. The summed E-state index contributed by atoms with van der Waals surface area (Å²) in [6, 6.07) is 4.02. The van der Waals surface area contributed by atoms with E-state index in [0.717, 1.165) is 12.8 Å². The second-order valence-corrected chi connectivity index (χ2v) is 6.50. The van der Waals surface area contributed by atoms with Gasteiger partial charge in [-0.15, -0.1) is 0 Å². The summed E-state index contributed by atoms with van der Waals surface area (Å²) in [5.74, 6) is -0.880. The van der Waals surface area contributed by atoms with E-state index in [-0.39, 0.29) is 27.9 Å². The number of rotatable bonds is 5. The number of sulfonamides is 1. The molecule has 1 aliphatic carbocycles. The summed E-state index contributed by atoms with van der Waals surface area (Å²) < 4.78 is 25.8. The quantitative estimate of drug-likeness (QED) is 0.870. The van der Waals surface area contributed by atoms with Crippen molar-refractivity contribution in [1.29, 1.82) is 0 Å². The summed E-state index contributed by atoms with van der Waals surface area (Å²) in [6.07, 6.45) is 1.86. The highest BCUT2D eigenvalue weighted by Crippen LogP contribution is 2.31. The number of carboxylic acids is 1. The largest absolute Gasteiger partial charge is 0.478 e. The van der Waals surface area contributed by atoms with Crippen molar-refractivity contribution in [2.45, 2.75) is 12.8 Å². The summed E-state index contributed by atoms with van der Waals surface area (Å²) in [7, 11) is -3.41. The number of benzene rings is 1. The molecule has 18 heavy (non-hydrogen) atoms. The third-order valence-electron chi connectivity index (χ3n) is 2.62. The van der Waals surface area contributed by atoms with E-state index in [0.29, 0.717) is 0 Å². The van der Waals surface area contributed by atoms with Crippen molar-refractivity contribution in [3.05, 3.63) is 28.8 Å². The summed E-state index contributed by atoms with van der Waals surface area (Å²) in [5.41, 5.74) is 0.0979. The van der Waals surface area contributed by atoms with Crippen LogP contribution in [0, 0.1) is 5.92 Å². The molecule has 1 aliphatic rings. The first-order chi connectivity index (χ1) is 8.37. The number of hydrogen-bond acceptors (Lipinski definition) is 3. The Labute approximate surface area is 110 Å². The van der Waals surface area contributed by atoms with Gasteiger partial charge in [-0.2, -0.15) is 0 Å². The molecule has 5 nitrogen and oxygen atoms in total. The van der Waals surface area contributed by atoms with Gasteiger partial charge in [0.2, 0.25) is 10.0 Å². The summed E-state index contributed by atoms with van der Waals surface area (Å²) in [4.78, 5) is 10.9. The van der Waals surface area contributed by atoms with Crippen LogP contribution in [0.25, 0.3) is 0 Å². The Morgan fingerprint density at radius 3 is 2.67 bits per heavy atom. The molecular formula is C11H12ClNO4S. The lowest BCUT2D eigenvalue weighted by Gasteiger charge is -2.08. The van der Waals surface area contributed by atoms with E-state index in [1.165, 1.54) is 18.2 Å². The van der Waals surface area contributed by atoms with Gasteiger partial charge in [-0.05, 0) is 37.0 Å². The van der Waals surface area contributed by atoms with E-state index in [1.807, 2.05) is 0 Å². The molecule has 98 valence electrons. The van der Waals surface area contributed by atoms with Crippen LogP contribution in [0.2, 0.25) is 5.02 Å². The number of aromatic carboxylic acids is 1. The fourth-order valence-electron chi connectivity index (χ4n) is 1.57. The molecular weight excluding hydrogens is 278 g/mol. The Hall–Kier alpha value is -1.27.